The third kappa shape index (κ3) is 8.61. The maximum atomic E-state index is 12.8. The van der Waals surface area contributed by atoms with Crippen LogP contribution in [0.1, 0.15) is 116 Å². The van der Waals surface area contributed by atoms with Gasteiger partial charge in [0.1, 0.15) is 23.9 Å². The maximum Gasteiger partial charge on any atom is 0.356 e. The van der Waals surface area contributed by atoms with Gasteiger partial charge in [0.15, 0.2) is 0 Å². The molecule has 0 aliphatic rings. The molecule has 0 heterocycles. The summed E-state index contributed by atoms with van der Waals surface area (Å²) in [6.45, 7) is 29.1. The molecule has 0 aliphatic heterocycles. The number of aryl methyl sites for hydroxylation is 2. The highest BCUT2D eigenvalue weighted by molar-refractivity contribution is 6.25. The zero-order valence-electron chi connectivity index (χ0n) is 27.0. The van der Waals surface area contributed by atoms with E-state index in [4.69, 9.17) is 9.47 Å². The predicted molar refractivity (Wildman–Crippen MR) is 165 cm³/mol. The van der Waals surface area contributed by atoms with Crippen molar-refractivity contribution in [3.63, 3.8) is 0 Å². The summed E-state index contributed by atoms with van der Waals surface area (Å²) in [6.07, 6.45) is 1.94. The molecule has 0 fully saturated rings. The van der Waals surface area contributed by atoms with Crippen molar-refractivity contribution in [3.05, 3.63) is 57.6 Å². The number of esters is 2. The first-order valence-corrected chi connectivity index (χ1v) is 13.8. The number of hydrogen-bond acceptors (Lipinski definition) is 6. The van der Waals surface area contributed by atoms with Gasteiger partial charge in [-0.15, -0.1) is 0 Å². The van der Waals surface area contributed by atoms with Crippen LogP contribution < -0.4 is 9.47 Å². The monoisotopic (exact) mass is 548 g/mol. The topological polar surface area (TPSA) is 77.3 Å². The summed E-state index contributed by atoms with van der Waals surface area (Å²) in [6, 6.07) is 8.19. The van der Waals surface area contributed by atoms with Crippen LogP contribution >= 0.6 is 0 Å². The lowest BCUT2D eigenvalue weighted by Crippen LogP contribution is -2.23. The summed E-state index contributed by atoms with van der Waals surface area (Å²) < 4.78 is 11.7. The van der Waals surface area contributed by atoms with Gasteiger partial charge in [0, 0.05) is 22.3 Å². The summed E-state index contributed by atoms with van der Waals surface area (Å²) in [5, 5.41) is 7.55. The third-order valence-corrected chi connectivity index (χ3v) is 6.50. The maximum absolute atomic E-state index is 12.8. The number of carbonyl (C=O) groups excluding carboxylic acids is 2. The number of nitrogens with zero attached hydrogens (tertiary/aromatic N) is 2. The average Bonchev–Trinajstić information content (AvgIpc) is 2.75. The molecular formula is C34H48N2O4. The van der Waals surface area contributed by atoms with E-state index >= 15 is 0 Å². The fraction of sp³-hybridized carbons (Fsp3) is 0.529. The minimum Gasteiger partial charge on any atom is -0.422 e. The van der Waals surface area contributed by atoms with E-state index in [1.54, 1.807) is 0 Å². The Balaban J connectivity index is 2.31. The summed E-state index contributed by atoms with van der Waals surface area (Å²) in [5.74, 6) is -0.272. The van der Waals surface area contributed by atoms with Crippen molar-refractivity contribution in [2.24, 2.45) is 10.2 Å². The minimum atomic E-state index is -0.672. The van der Waals surface area contributed by atoms with Gasteiger partial charge in [-0.3, -0.25) is 0 Å². The van der Waals surface area contributed by atoms with E-state index in [0.717, 1.165) is 45.8 Å². The Labute approximate surface area is 241 Å². The van der Waals surface area contributed by atoms with Gasteiger partial charge < -0.3 is 9.47 Å². The lowest BCUT2D eigenvalue weighted by atomic mass is 9.78. The number of rotatable bonds is 5. The van der Waals surface area contributed by atoms with Gasteiger partial charge in [-0.2, -0.15) is 10.2 Å². The SMILES string of the molecule is Cc1cc(C(C)(C)C)c(OC(=O)/C=N/N=C/C(=O)Oc2c(C(C)(C)C)cc(C)cc2C(C)(C)C)c(C(C)(C)C)c1. The average molecular weight is 549 g/mol. The molecule has 0 saturated heterocycles. The highest BCUT2D eigenvalue weighted by Crippen LogP contribution is 2.42. The molecule has 2 aromatic carbocycles. The molecule has 0 aromatic heterocycles. The van der Waals surface area contributed by atoms with Crippen LogP contribution in [0.3, 0.4) is 0 Å². The normalized spacial score (nSPS) is 13.2. The molecule has 6 nitrogen and oxygen atoms in total. The first-order valence-electron chi connectivity index (χ1n) is 13.8. The molecule has 0 N–H and O–H groups in total. The summed E-state index contributed by atoms with van der Waals surface area (Å²) in [4.78, 5) is 25.5. The molecule has 0 radical (unpaired) electrons. The summed E-state index contributed by atoms with van der Waals surface area (Å²) >= 11 is 0. The molecule has 0 aliphatic carbocycles. The molecule has 0 atom stereocenters. The van der Waals surface area contributed by atoms with Crippen LogP contribution in [0.4, 0.5) is 0 Å². The van der Waals surface area contributed by atoms with Gasteiger partial charge in [-0.25, -0.2) is 9.59 Å². The van der Waals surface area contributed by atoms with E-state index in [-0.39, 0.29) is 21.7 Å². The van der Waals surface area contributed by atoms with Crippen LogP contribution in [-0.2, 0) is 31.2 Å². The van der Waals surface area contributed by atoms with Gasteiger partial charge in [0.05, 0.1) is 0 Å². The zero-order chi connectivity index (χ0) is 30.8. The number of benzene rings is 2. The Morgan fingerprint density at radius 2 is 0.750 bits per heavy atom. The Bertz CT molecular complexity index is 1150. The molecule has 6 heteroatoms. The molecular weight excluding hydrogens is 500 g/mol. The molecule has 40 heavy (non-hydrogen) atoms. The van der Waals surface area contributed by atoms with Gasteiger partial charge in [0.2, 0.25) is 0 Å². The smallest absolute Gasteiger partial charge is 0.356 e. The Morgan fingerprint density at radius 3 is 0.950 bits per heavy atom. The molecule has 2 aromatic rings. The van der Waals surface area contributed by atoms with Crippen molar-refractivity contribution in [2.45, 2.75) is 119 Å². The van der Waals surface area contributed by atoms with E-state index in [1.165, 1.54) is 0 Å². The summed E-state index contributed by atoms with van der Waals surface area (Å²) in [5.41, 5.74) is 4.99. The van der Waals surface area contributed by atoms with E-state index in [9.17, 15) is 9.59 Å². The minimum absolute atomic E-state index is 0.242. The molecule has 0 bridgehead atoms. The van der Waals surface area contributed by atoms with Crippen molar-refractivity contribution < 1.29 is 19.1 Å². The van der Waals surface area contributed by atoms with Gasteiger partial charge in [0.25, 0.3) is 0 Å². The second kappa shape index (κ2) is 11.7. The fourth-order valence-electron chi connectivity index (χ4n) is 4.41. The Hall–Kier alpha value is -3.28. The van der Waals surface area contributed by atoms with E-state index < -0.39 is 11.9 Å². The van der Waals surface area contributed by atoms with Gasteiger partial charge >= 0.3 is 11.9 Å². The van der Waals surface area contributed by atoms with Crippen molar-refractivity contribution >= 4 is 24.4 Å². The highest BCUT2D eigenvalue weighted by Gasteiger charge is 2.30. The van der Waals surface area contributed by atoms with E-state index in [2.05, 4.69) is 93.3 Å². The lowest BCUT2D eigenvalue weighted by molar-refractivity contribution is -0.127. The Morgan fingerprint density at radius 1 is 0.525 bits per heavy atom. The zero-order valence-corrected chi connectivity index (χ0v) is 27.0. The second-order valence-corrected chi connectivity index (χ2v) is 14.7. The quantitative estimate of drug-likeness (QED) is 0.164. The van der Waals surface area contributed by atoms with Crippen molar-refractivity contribution in [2.75, 3.05) is 0 Å². The largest absolute Gasteiger partial charge is 0.422 e. The van der Waals surface area contributed by atoms with Gasteiger partial charge in [-0.1, -0.05) is 118 Å². The van der Waals surface area contributed by atoms with E-state index in [1.807, 2.05) is 38.1 Å². The fourth-order valence-corrected chi connectivity index (χ4v) is 4.41. The molecule has 2 rings (SSSR count). The molecule has 0 saturated carbocycles. The van der Waals surface area contributed by atoms with Crippen molar-refractivity contribution in [3.8, 4) is 11.5 Å². The first kappa shape index (κ1) is 32.9. The number of hydrogen-bond donors (Lipinski definition) is 0. The van der Waals surface area contributed by atoms with Crippen molar-refractivity contribution in [1.29, 1.82) is 0 Å². The number of carbonyl (C=O) groups is 2. The number of ether oxygens (including phenoxy) is 2. The van der Waals surface area contributed by atoms with Crippen LogP contribution in [0.25, 0.3) is 0 Å². The molecule has 218 valence electrons. The Kier molecular flexibility index (Phi) is 9.61. The second-order valence-electron chi connectivity index (χ2n) is 14.7. The predicted octanol–water partition coefficient (Wildman–Crippen LogP) is 8.06. The molecule has 0 unspecified atom stereocenters. The first-order chi connectivity index (χ1) is 18.0. The molecule has 0 amide bonds. The summed E-state index contributed by atoms with van der Waals surface area (Å²) in [7, 11) is 0. The van der Waals surface area contributed by atoms with Crippen LogP contribution in [0.15, 0.2) is 34.5 Å². The van der Waals surface area contributed by atoms with Crippen LogP contribution in [-0.4, -0.2) is 24.4 Å². The lowest BCUT2D eigenvalue weighted by Gasteiger charge is -2.29. The standard InChI is InChI=1S/C34H48N2O4/c1-21-15-23(31(3,4)5)29(24(16-21)32(6,7)8)39-27(37)19-35-36-20-28(38)40-30-25(33(9,10)11)17-22(2)18-26(30)34(12,13)14/h15-20H,1-14H3/b35-19+,36-20+. The molecule has 0 spiro atoms. The highest BCUT2D eigenvalue weighted by atomic mass is 16.5. The van der Waals surface area contributed by atoms with E-state index in [0.29, 0.717) is 11.5 Å². The van der Waals surface area contributed by atoms with Gasteiger partial charge in [-0.05, 0) is 35.5 Å². The third-order valence-electron chi connectivity index (χ3n) is 6.50. The van der Waals surface area contributed by atoms with Crippen LogP contribution in [0.2, 0.25) is 0 Å². The van der Waals surface area contributed by atoms with Crippen LogP contribution in [0, 0.1) is 13.8 Å². The van der Waals surface area contributed by atoms with Crippen LogP contribution in [0.5, 0.6) is 11.5 Å². The van der Waals surface area contributed by atoms with Crippen molar-refractivity contribution in [1.82, 2.24) is 0 Å².